The first-order chi connectivity index (χ1) is 8.99. The molecule has 0 aromatic carbocycles. The van der Waals surface area contributed by atoms with E-state index in [2.05, 4.69) is 14.7 Å². The molecule has 1 saturated heterocycles. The molecule has 2 rings (SSSR count). The van der Waals surface area contributed by atoms with Crippen molar-refractivity contribution in [3.63, 3.8) is 0 Å². The average molecular weight is 288 g/mol. The Kier molecular flexibility index (Phi) is 4.17. The molecule has 106 valence electrons. The minimum absolute atomic E-state index is 0.0915. The van der Waals surface area contributed by atoms with Crippen LogP contribution >= 0.6 is 0 Å². The first kappa shape index (κ1) is 14.0. The molecule has 2 heterocycles. The molecule has 0 aliphatic carbocycles. The van der Waals surface area contributed by atoms with Crippen LogP contribution in [0.25, 0.3) is 0 Å². The number of piperidine rings is 1. The monoisotopic (exact) mass is 288 g/mol. The molecule has 8 nitrogen and oxygen atoms in total. The Hall–Kier alpha value is -1.45. The van der Waals surface area contributed by atoms with Gasteiger partial charge in [0.15, 0.2) is 0 Å². The van der Waals surface area contributed by atoms with Crippen molar-refractivity contribution in [1.82, 2.24) is 19.0 Å². The first-order valence-corrected chi connectivity index (χ1v) is 7.39. The number of carbonyl (C=O) groups is 1. The number of carboxylic acids is 1. The number of hydrogen-bond acceptors (Lipinski definition) is 4. The lowest BCUT2D eigenvalue weighted by Gasteiger charge is -2.29. The number of carboxylic acid groups (broad SMARTS) is 1. The van der Waals surface area contributed by atoms with Gasteiger partial charge in [-0.2, -0.15) is 17.4 Å². The van der Waals surface area contributed by atoms with E-state index in [0.717, 1.165) is 0 Å². The molecule has 1 aliphatic rings. The number of rotatable bonds is 5. The van der Waals surface area contributed by atoms with Gasteiger partial charge in [0.1, 0.15) is 5.82 Å². The van der Waals surface area contributed by atoms with E-state index in [0.29, 0.717) is 18.7 Å². The van der Waals surface area contributed by atoms with Crippen molar-refractivity contribution in [3.8, 4) is 0 Å². The molecule has 0 unspecified atom stereocenters. The van der Waals surface area contributed by atoms with Crippen LogP contribution in [0.1, 0.15) is 18.7 Å². The molecule has 0 bridgehead atoms. The lowest BCUT2D eigenvalue weighted by atomic mass is 9.99. The van der Waals surface area contributed by atoms with Crippen LogP contribution < -0.4 is 4.72 Å². The van der Waals surface area contributed by atoms with Crippen LogP contribution in [0.4, 0.5) is 0 Å². The Morgan fingerprint density at radius 1 is 1.53 bits per heavy atom. The van der Waals surface area contributed by atoms with Crippen molar-refractivity contribution < 1.29 is 18.3 Å². The zero-order valence-corrected chi connectivity index (χ0v) is 11.1. The average Bonchev–Trinajstić information content (AvgIpc) is 2.90. The van der Waals surface area contributed by atoms with Gasteiger partial charge in [-0.25, -0.2) is 4.98 Å². The van der Waals surface area contributed by atoms with E-state index in [4.69, 9.17) is 5.11 Å². The van der Waals surface area contributed by atoms with Gasteiger partial charge in [-0.15, -0.1) is 0 Å². The van der Waals surface area contributed by atoms with E-state index in [9.17, 15) is 13.2 Å². The van der Waals surface area contributed by atoms with Gasteiger partial charge in [0.2, 0.25) is 0 Å². The molecule has 9 heteroatoms. The second-order valence-electron chi connectivity index (χ2n) is 4.37. The molecule has 1 aromatic rings. The quantitative estimate of drug-likeness (QED) is 0.678. The number of H-pyrrole nitrogens is 1. The van der Waals surface area contributed by atoms with Gasteiger partial charge in [0, 0.05) is 25.5 Å². The highest BCUT2D eigenvalue weighted by Crippen LogP contribution is 2.19. The topological polar surface area (TPSA) is 115 Å². The summed E-state index contributed by atoms with van der Waals surface area (Å²) in [5, 5.41) is 8.86. The van der Waals surface area contributed by atoms with E-state index in [1.165, 1.54) is 4.31 Å². The standard InChI is InChI=1S/C10H16N4O4S/c15-10(16)8-1-5-14(6-2-8)19(17,18)13-7-9-11-3-4-12-9/h3-4,8,13H,1-2,5-7H2,(H,11,12)(H,15,16). The number of hydrogen-bond donors (Lipinski definition) is 3. The second kappa shape index (κ2) is 5.68. The van der Waals surface area contributed by atoms with Crippen molar-refractivity contribution in [2.45, 2.75) is 19.4 Å². The van der Waals surface area contributed by atoms with Gasteiger partial charge in [-0.1, -0.05) is 0 Å². The van der Waals surface area contributed by atoms with Crippen molar-refractivity contribution >= 4 is 16.2 Å². The molecule has 0 saturated carbocycles. The van der Waals surface area contributed by atoms with Gasteiger partial charge in [-0.05, 0) is 12.8 Å². The fraction of sp³-hybridized carbons (Fsp3) is 0.600. The minimum atomic E-state index is -3.58. The molecular formula is C10H16N4O4S. The number of aromatic amines is 1. The van der Waals surface area contributed by atoms with Gasteiger partial charge in [0.05, 0.1) is 12.5 Å². The van der Waals surface area contributed by atoms with Gasteiger partial charge in [0.25, 0.3) is 10.2 Å². The van der Waals surface area contributed by atoms with E-state index in [-0.39, 0.29) is 19.6 Å². The highest BCUT2D eigenvalue weighted by molar-refractivity contribution is 7.87. The molecule has 0 amide bonds. The maximum absolute atomic E-state index is 12.0. The van der Waals surface area contributed by atoms with E-state index < -0.39 is 22.1 Å². The smallest absolute Gasteiger partial charge is 0.306 e. The summed E-state index contributed by atoms with van der Waals surface area (Å²) in [7, 11) is -3.58. The summed E-state index contributed by atoms with van der Waals surface area (Å²) in [5.41, 5.74) is 0. The highest BCUT2D eigenvalue weighted by Gasteiger charge is 2.30. The summed E-state index contributed by atoms with van der Waals surface area (Å²) >= 11 is 0. The Bertz CT molecular complexity index is 520. The third kappa shape index (κ3) is 3.52. The first-order valence-electron chi connectivity index (χ1n) is 5.95. The number of nitrogens with zero attached hydrogens (tertiary/aromatic N) is 2. The van der Waals surface area contributed by atoms with Gasteiger partial charge in [-0.3, -0.25) is 4.79 Å². The molecule has 1 fully saturated rings. The van der Waals surface area contributed by atoms with Crippen LogP contribution in [0.3, 0.4) is 0 Å². The summed E-state index contributed by atoms with van der Waals surface area (Å²) in [5.74, 6) is -0.777. The molecule has 0 radical (unpaired) electrons. The van der Waals surface area contributed by atoms with Crippen LogP contribution in [0.5, 0.6) is 0 Å². The zero-order chi connectivity index (χ0) is 13.9. The van der Waals surface area contributed by atoms with Crippen LogP contribution in [0.15, 0.2) is 12.4 Å². The summed E-state index contributed by atoms with van der Waals surface area (Å²) in [6.07, 6.45) is 3.85. The Morgan fingerprint density at radius 3 is 2.74 bits per heavy atom. The van der Waals surface area contributed by atoms with E-state index >= 15 is 0 Å². The van der Waals surface area contributed by atoms with Gasteiger partial charge < -0.3 is 10.1 Å². The highest BCUT2D eigenvalue weighted by atomic mass is 32.2. The van der Waals surface area contributed by atoms with Crippen LogP contribution in [-0.4, -0.2) is 46.9 Å². The molecule has 19 heavy (non-hydrogen) atoms. The van der Waals surface area contributed by atoms with Crippen molar-refractivity contribution in [3.05, 3.63) is 18.2 Å². The summed E-state index contributed by atoms with van der Waals surface area (Å²) in [6, 6.07) is 0. The zero-order valence-electron chi connectivity index (χ0n) is 10.2. The predicted molar refractivity (Wildman–Crippen MR) is 66.3 cm³/mol. The van der Waals surface area contributed by atoms with Crippen molar-refractivity contribution in [2.75, 3.05) is 13.1 Å². The fourth-order valence-electron chi connectivity index (χ4n) is 1.99. The Morgan fingerprint density at radius 2 is 2.21 bits per heavy atom. The lowest BCUT2D eigenvalue weighted by molar-refractivity contribution is -0.142. The molecule has 1 aliphatic heterocycles. The number of aromatic nitrogens is 2. The molecule has 0 spiro atoms. The Balaban J connectivity index is 1.88. The number of aliphatic carboxylic acids is 1. The molecule has 1 aromatic heterocycles. The van der Waals surface area contributed by atoms with Crippen LogP contribution in [-0.2, 0) is 21.5 Å². The summed E-state index contributed by atoms with van der Waals surface area (Å²) in [6.45, 7) is 0.545. The molecule has 3 N–H and O–H groups in total. The van der Waals surface area contributed by atoms with E-state index in [1.54, 1.807) is 12.4 Å². The molecular weight excluding hydrogens is 272 g/mol. The maximum Gasteiger partial charge on any atom is 0.306 e. The lowest BCUT2D eigenvalue weighted by Crippen LogP contribution is -2.45. The maximum atomic E-state index is 12.0. The van der Waals surface area contributed by atoms with Crippen LogP contribution in [0, 0.1) is 5.92 Å². The second-order valence-corrected chi connectivity index (χ2v) is 6.13. The predicted octanol–water partition coefficient (Wildman–Crippen LogP) is -0.459. The normalized spacial score (nSPS) is 18.5. The van der Waals surface area contributed by atoms with E-state index in [1.807, 2.05) is 0 Å². The third-order valence-corrected chi connectivity index (χ3v) is 4.67. The van der Waals surface area contributed by atoms with Crippen molar-refractivity contribution in [1.29, 1.82) is 0 Å². The Labute approximate surface area is 111 Å². The van der Waals surface area contributed by atoms with Crippen LogP contribution in [0.2, 0.25) is 0 Å². The SMILES string of the molecule is O=C(O)C1CCN(S(=O)(=O)NCc2ncc[nH]2)CC1. The molecule has 0 atom stereocenters. The van der Waals surface area contributed by atoms with Gasteiger partial charge >= 0.3 is 5.97 Å². The summed E-state index contributed by atoms with van der Waals surface area (Å²) in [4.78, 5) is 17.5. The minimum Gasteiger partial charge on any atom is -0.481 e. The van der Waals surface area contributed by atoms with Crippen molar-refractivity contribution in [2.24, 2.45) is 5.92 Å². The summed E-state index contributed by atoms with van der Waals surface area (Å²) < 4.78 is 27.7. The fourth-order valence-corrected chi connectivity index (χ4v) is 3.18. The third-order valence-electron chi connectivity index (χ3n) is 3.12. The number of nitrogens with one attached hydrogen (secondary N) is 2. The number of imidazole rings is 1. The largest absolute Gasteiger partial charge is 0.481 e.